The fourth-order valence-electron chi connectivity index (χ4n) is 6.59. The molecule has 0 atom stereocenters. The molecule has 8 rings (SSSR count). The summed E-state index contributed by atoms with van der Waals surface area (Å²) in [5.41, 5.74) is 12.6. The average Bonchev–Trinajstić information content (AvgIpc) is 3.28. The Morgan fingerprint density at radius 3 is 2.48 bits per heavy atom. The van der Waals surface area contributed by atoms with Crippen LogP contribution in [-0.2, 0) is 6.42 Å². The standard InChI is InChI=1S/C37H25N3/c1-3-4-5-12-23(2)36-37(39-30-19-9-8-18-29(30)38-36)40-31-20-11-17-28-26-15-7-6-14-25(26)27-16-10-13-24-21-22-32(40)35(33(24)27)34(28)31/h1,4-10,12-19,21-22H,11,20H2,2H3/b5-4-,23-12+. The van der Waals surface area contributed by atoms with Crippen LogP contribution in [0, 0.1) is 12.3 Å². The minimum atomic E-state index is 0.861. The topological polar surface area (TPSA) is 30.7 Å². The summed E-state index contributed by atoms with van der Waals surface area (Å²) in [6.45, 7) is 2.08. The molecule has 0 N–H and O–H groups in total. The first-order chi connectivity index (χ1) is 19.7. The zero-order chi connectivity index (χ0) is 26.8. The van der Waals surface area contributed by atoms with Crippen molar-refractivity contribution in [3.05, 3.63) is 126 Å². The van der Waals surface area contributed by atoms with Gasteiger partial charge in [-0.05, 0) is 82.6 Å². The third-order valence-corrected chi connectivity index (χ3v) is 8.26. The molecule has 3 heteroatoms. The summed E-state index contributed by atoms with van der Waals surface area (Å²) in [5.74, 6) is 3.44. The molecule has 0 radical (unpaired) electrons. The highest BCUT2D eigenvalue weighted by Gasteiger charge is 2.31. The third-order valence-electron chi connectivity index (χ3n) is 8.26. The van der Waals surface area contributed by atoms with E-state index in [2.05, 4.69) is 78.1 Å². The first-order valence-electron chi connectivity index (χ1n) is 13.7. The van der Waals surface area contributed by atoms with E-state index in [0.717, 1.165) is 41.0 Å². The summed E-state index contributed by atoms with van der Waals surface area (Å²) in [6, 6.07) is 28.2. The van der Waals surface area contributed by atoms with Gasteiger partial charge in [0.15, 0.2) is 5.82 Å². The van der Waals surface area contributed by atoms with Crippen LogP contribution in [-0.4, -0.2) is 14.5 Å². The summed E-state index contributed by atoms with van der Waals surface area (Å²) < 4.78 is 2.39. The number of hydrogen-bond donors (Lipinski definition) is 0. The van der Waals surface area contributed by atoms with Crippen LogP contribution in [0.4, 0.5) is 0 Å². The fourth-order valence-corrected chi connectivity index (χ4v) is 6.59. The van der Waals surface area contributed by atoms with Crippen LogP contribution >= 0.6 is 0 Å². The molecule has 0 unspecified atom stereocenters. The lowest BCUT2D eigenvalue weighted by Crippen LogP contribution is -2.11. The Hall–Kier alpha value is -5.20. The number of aromatic nitrogens is 3. The Labute approximate surface area is 232 Å². The van der Waals surface area contributed by atoms with Crippen LogP contribution in [0.3, 0.4) is 0 Å². The van der Waals surface area contributed by atoms with Crippen molar-refractivity contribution in [1.29, 1.82) is 0 Å². The predicted octanol–water partition coefficient (Wildman–Crippen LogP) is 8.68. The van der Waals surface area contributed by atoms with Gasteiger partial charge in [0.1, 0.15) is 5.69 Å². The predicted molar refractivity (Wildman–Crippen MR) is 166 cm³/mol. The second kappa shape index (κ2) is 8.66. The van der Waals surface area contributed by atoms with Gasteiger partial charge in [0.2, 0.25) is 0 Å². The van der Waals surface area contributed by atoms with E-state index < -0.39 is 0 Å². The second-order valence-electron chi connectivity index (χ2n) is 10.5. The lowest BCUT2D eigenvalue weighted by Gasteiger charge is -2.20. The molecule has 2 heterocycles. The maximum atomic E-state index is 5.48. The molecule has 40 heavy (non-hydrogen) atoms. The van der Waals surface area contributed by atoms with E-state index in [1.807, 2.05) is 36.4 Å². The van der Waals surface area contributed by atoms with Crippen molar-refractivity contribution in [3.63, 3.8) is 0 Å². The Bertz CT molecular complexity index is 2180. The van der Waals surface area contributed by atoms with Crippen LogP contribution in [0.15, 0.2) is 103 Å². The minimum absolute atomic E-state index is 0.861. The summed E-state index contributed by atoms with van der Waals surface area (Å²) in [6.07, 6.45) is 15.5. The van der Waals surface area contributed by atoms with E-state index in [0.29, 0.717) is 0 Å². The highest BCUT2D eigenvalue weighted by molar-refractivity contribution is 6.22. The Morgan fingerprint density at radius 1 is 0.850 bits per heavy atom. The van der Waals surface area contributed by atoms with Crippen molar-refractivity contribution in [1.82, 2.24) is 14.5 Å². The summed E-state index contributed by atoms with van der Waals surface area (Å²) >= 11 is 0. The summed E-state index contributed by atoms with van der Waals surface area (Å²) in [5, 5.41) is 3.87. The Balaban J connectivity index is 1.55. The van der Waals surface area contributed by atoms with Crippen molar-refractivity contribution >= 4 is 43.9 Å². The van der Waals surface area contributed by atoms with Crippen LogP contribution in [0.5, 0.6) is 0 Å². The molecule has 0 bridgehead atoms. The molecular weight excluding hydrogens is 486 g/mol. The number of para-hydroxylation sites is 2. The van der Waals surface area contributed by atoms with Gasteiger partial charge in [-0.3, -0.25) is 4.57 Å². The first kappa shape index (κ1) is 22.8. The maximum absolute atomic E-state index is 5.48. The lowest BCUT2D eigenvalue weighted by molar-refractivity contribution is 0.864. The largest absolute Gasteiger partial charge is 0.296 e. The molecule has 0 amide bonds. The number of hydrogen-bond acceptors (Lipinski definition) is 2. The molecule has 0 spiro atoms. The van der Waals surface area contributed by atoms with E-state index >= 15 is 0 Å². The highest BCUT2D eigenvalue weighted by Crippen LogP contribution is 2.50. The normalized spacial score (nSPS) is 14.1. The molecule has 0 aliphatic heterocycles. The first-order valence-corrected chi connectivity index (χ1v) is 13.7. The fraction of sp³-hybridized carbons (Fsp3) is 0.0811. The molecule has 3 nitrogen and oxygen atoms in total. The summed E-state index contributed by atoms with van der Waals surface area (Å²) in [4.78, 5) is 10.5. The van der Waals surface area contributed by atoms with Gasteiger partial charge in [0.05, 0.1) is 16.6 Å². The monoisotopic (exact) mass is 511 g/mol. The third kappa shape index (κ3) is 3.14. The van der Waals surface area contributed by atoms with Gasteiger partial charge in [-0.25, -0.2) is 9.97 Å². The molecule has 6 aromatic rings. The van der Waals surface area contributed by atoms with Crippen molar-refractivity contribution < 1.29 is 0 Å². The smallest absolute Gasteiger partial charge is 0.164 e. The van der Waals surface area contributed by atoms with Crippen LogP contribution in [0.2, 0.25) is 0 Å². The van der Waals surface area contributed by atoms with Crippen molar-refractivity contribution in [3.8, 4) is 29.3 Å². The molecular formula is C37H25N3. The molecule has 0 saturated heterocycles. The van der Waals surface area contributed by atoms with E-state index in [1.54, 1.807) is 6.08 Å². The van der Waals surface area contributed by atoms with Crippen LogP contribution in [0.25, 0.3) is 60.8 Å². The molecule has 0 fully saturated rings. The molecule has 2 aliphatic carbocycles. The molecule has 4 aromatic carbocycles. The number of nitrogens with zero attached hydrogens (tertiary/aromatic N) is 3. The van der Waals surface area contributed by atoms with Gasteiger partial charge < -0.3 is 0 Å². The number of terminal acetylenes is 1. The van der Waals surface area contributed by atoms with Crippen molar-refractivity contribution in [2.75, 3.05) is 0 Å². The zero-order valence-electron chi connectivity index (χ0n) is 22.1. The maximum Gasteiger partial charge on any atom is 0.164 e. The van der Waals surface area contributed by atoms with Crippen molar-refractivity contribution in [2.45, 2.75) is 19.8 Å². The van der Waals surface area contributed by atoms with Gasteiger partial charge in [0, 0.05) is 16.6 Å². The van der Waals surface area contributed by atoms with Crippen molar-refractivity contribution in [2.24, 2.45) is 0 Å². The van der Waals surface area contributed by atoms with Gasteiger partial charge in [-0.2, -0.15) is 0 Å². The highest BCUT2D eigenvalue weighted by atomic mass is 15.1. The Morgan fingerprint density at radius 2 is 1.62 bits per heavy atom. The molecule has 2 aromatic heterocycles. The quantitative estimate of drug-likeness (QED) is 0.175. The zero-order valence-corrected chi connectivity index (χ0v) is 22.1. The molecule has 0 saturated carbocycles. The number of fused-ring (bicyclic) bond motifs is 4. The van der Waals surface area contributed by atoms with Crippen LogP contribution < -0.4 is 0 Å². The van der Waals surface area contributed by atoms with Crippen LogP contribution in [0.1, 0.15) is 35.9 Å². The van der Waals surface area contributed by atoms with Gasteiger partial charge >= 0.3 is 0 Å². The van der Waals surface area contributed by atoms with E-state index in [9.17, 15) is 0 Å². The van der Waals surface area contributed by atoms with Gasteiger partial charge in [-0.1, -0.05) is 84.8 Å². The van der Waals surface area contributed by atoms with E-state index in [-0.39, 0.29) is 0 Å². The molecule has 2 aliphatic rings. The number of benzene rings is 4. The van der Waals surface area contributed by atoms with Gasteiger partial charge in [-0.15, -0.1) is 6.42 Å². The average molecular weight is 512 g/mol. The summed E-state index contributed by atoms with van der Waals surface area (Å²) in [7, 11) is 0. The SMILES string of the molecule is C#C/C=C\C=C(/C)c1nc2ccccc2nc1-n1c2c3c4c5c(cccc5ccc41)-c1ccccc1C3=CCC2. The van der Waals surface area contributed by atoms with E-state index in [4.69, 9.17) is 16.4 Å². The van der Waals surface area contributed by atoms with Gasteiger partial charge in [0.25, 0.3) is 0 Å². The molecule has 188 valence electrons. The van der Waals surface area contributed by atoms with E-state index in [1.165, 1.54) is 55.2 Å². The number of allylic oxidation sites excluding steroid dienone is 5. The number of rotatable bonds is 3. The second-order valence-corrected chi connectivity index (χ2v) is 10.5. The lowest BCUT2D eigenvalue weighted by atomic mass is 9.88. The Kier molecular flexibility index (Phi) is 4.93. The minimum Gasteiger partial charge on any atom is -0.296 e.